The van der Waals surface area contributed by atoms with Crippen molar-refractivity contribution in [3.05, 3.63) is 81.8 Å². The number of morpholine rings is 1. The predicted molar refractivity (Wildman–Crippen MR) is 137 cm³/mol. The molecule has 0 saturated carbocycles. The van der Waals surface area contributed by atoms with Crippen LogP contribution in [0.5, 0.6) is 11.6 Å². The Morgan fingerprint density at radius 1 is 1.14 bits per heavy atom. The SMILES string of the molecule is COc1n[nH]c2ncc(CC(=O)c3c(Cl)ccc(OCc4ccc(CN5CCOCC5)cc4)c3F)cc12. The lowest BCUT2D eigenvalue weighted by Gasteiger charge is -2.26. The van der Waals surface area contributed by atoms with Gasteiger partial charge < -0.3 is 14.2 Å². The number of rotatable bonds is 9. The number of aromatic nitrogens is 3. The Kier molecular flexibility index (Phi) is 7.64. The van der Waals surface area contributed by atoms with Gasteiger partial charge in [0.15, 0.2) is 23.0 Å². The maximum absolute atomic E-state index is 15.3. The van der Waals surface area contributed by atoms with Crippen molar-refractivity contribution in [2.75, 3.05) is 33.4 Å². The highest BCUT2D eigenvalue weighted by molar-refractivity contribution is 6.34. The molecule has 0 bridgehead atoms. The summed E-state index contributed by atoms with van der Waals surface area (Å²) in [5, 5.41) is 7.42. The number of H-pyrrole nitrogens is 1. The first kappa shape index (κ1) is 25.1. The van der Waals surface area contributed by atoms with Crippen LogP contribution in [0.25, 0.3) is 11.0 Å². The van der Waals surface area contributed by atoms with E-state index in [1.807, 2.05) is 24.3 Å². The van der Waals surface area contributed by atoms with Gasteiger partial charge in [-0.15, -0.1) is 5.10 Å². The summed E-state index contributed by atoms with van der Waals surface area (Å²) in [5.41, 5.74) is 2.98. The largest absolute Gasteiger partial charge is 0.486 e. The Labute approximate surface area is 218 Å². The van der Waals surface area contributed by atoms with Crippen molar-refractivity contribution in [2.45, 2.75) is 19.6 Å². The number of pyridine rings is 1. The van der Waals surface area contributed by atoms with E-state index in [-0.39, 0.29) is 29.4 Å². The molecule has 1 aliphatic heterocycles. The van der Waals surface area contributed by atoms with Crippen LogP contribution in [0.3, 0.4) is 0 Å². The molecule has 0 radical (unpaired) electrons. The van der Waals surface area contributed by atoms with Gasteiger partial charge in [0.2, 0.25) is 5.88 Å². The third kappa shape index (κ3) is 5.74. The van der Waals surface area contributed by atoms with Crippen LogP contribution in [0, 0.1) is 5.82 Å². The third-order valence-corrected chi connectivity index (χ3v) is 6.57. The number of carbonyl (C=O) groups excluding carboxylic acids is 1. The summed E-state index contributed by atoms with van der Waals surface area (Å²) in [5.74, 6) is -0.929. The van der Waals surface area contributed by atoms with Gasteiger partial charge in [0.1, 0.15) is 6.61 Å². The van der Waals surface area contributed by atoms with E-state index < -0.39 is 11.6 Å². The number of nitrogens with zero attached hydrogens (tertiary/aromatic N) is 3. The second kappa shape index (κ2) is 11.2. The van der Waals surface area contributed by atoms with E-state index in [0.717, 1.165) is 38.4 Å². The van der Waals surface area contributed by atoms with E-state index in [2.05, 4.69) is 20.1 Å². The van der Waals surface area contributed by atoms with Crippen LogP contribution < -0.4 is 9.47 Å². The van der Waals surface area contributed by atoms with Crippen molar-refractivity contribution < 1.29 is 23.4 Å². The Bertz CT molecular complexity index is 1400. The van der Waals surface area contributed by atoms with Crippen LogP contribution in [0.4, 0.5) is 4.39 Å². The van der Waals surface area contributed by atoms with Gasteiger partial charge in [0.25, 0.3) is 0 Å². The number of ether oxygens (including phenoxy) is 3. The van der Waals surface area contributed by atoms with Crippen molar-refractivity contribution in [1.82, 2.24) is 20.1 Å². The molecule has 2 aromatic heterocycles. The molecule has 0 unspecified atom stereocenters. The van der Waals surface area contributed by atoms with E-state index in [1.54, 1.807) is 6.07 Å². The number of hydrogen-bond acceptors (Lipinski definition) is 7. The van der Waals surface area contributed by atoms with Crippen molar-refractivity contribution >= 4 is 28.4 Å². The molecule has 10 heteroatoms. The lowest BCUT2D eigenvalue weighted by atomic mass is 10.0. The Morgan fingerprint density at radius 3 is 2.65 bits per heavy atom. The molecule has 2 aromatic carbocycles. The average molecular weight is 525 g/mol. The molecule has 3 heterocycles. The van der Waals surface area contributed by atoms with Crippen LogP contribution in [0.15, 0.2) is 48.7 Å². The molecular formula is C27H26ClFN4O4. The average Bonchev–Trinajstić information content (AvgIpc) is 3.32. The normalized spacial score (nSPS) is 14.1. The Morgan fingerprint density at radius 2 is 1.89 bits per heavy atom. The number of nitrogens with one attached hydrogen (secondary N) is 1. The molecule has 37 heavy (non-hydrogen) atoms. The fourth-order valence-electron chi connectivity index (χ4n) is 4.27. The van der Waals surface area contributed by atoms with E-state index >= 15 is 4.39 Å². The molecule has 4 aromatic rings. The first-order valence-electron chi connectivity index (χ1n) is 11.9. The number of benzene rings is 2. The molecule has 0 spiro atoms. The van der Waals surface area contributed by atoms with Gasteiger partial charge >= 0.3 is 0 Å². The Balaban J connectivity index is 1.26. The molecular weight excluding hydrogens is 499 g/mol. The summed E-state index contributed by atoms with van der Waals surface area (Å²) < 4.78 is 31.7. The smallest absolute Gasteiger partial charge is 0.241 e. The van der Waals surface area contributed by atoms with Gasteiger partial charge in [-0.3, -0.25) is 14.8 Å². The molecule has 5 rings (SSSR count). The predicted octanol–water partition coefficient (Wildman–Crippen LogP) is 4.60. The fraction of sp³-hybridized carbons (Fsp3) is 0.296. The summed E-state index contributed by atoms with van der Waals surface area (Å²) >= 11 is 6.22. The molecule has 1 fully saturated rings. The van der Waals surface area contributed by atoms with Gasteiger partial charge in [-0.25, -0.2) is 9.37 Å². The standard InChI is InChI=1S/C27H26ClFN4O4/c1-35-27-20-12-19(14-30-26(20)31-32-27)13-22(34)24-21(28)6-7-23(25(24)29)37-16-18-4-2-17(3-5-18)15-33-8-10-36-11-9-33/h2-7,12,14H,8-11,13,15-16H2,1H3,(H,30,31,32). The zero-order valence-corrected chi connectivity index (χ0v) is 21.1. The zero-order chi connectivity index (χ0) is 25.8. The van der Waals surface area contributed by atoms with E-state index in [4.69, 9.17) is 25.8 Å². The number of Topliss-reactive ketones (excluding diaryl/α,β-unsaturated/α-hetero) is 1. The molecule has 1 saturated heterocycles. The lowest BCUT2D eigenvalue weighted by Crippen LogP contribution is -2.35. The highest BCUT2D eigenvalue weighted by Crippen LogP contribution is 2.30. The minimum absolute atomic E-state index is 0.0252. The van der Waals surface area contributed by atoms with Gasteiger partial charge in [-0.1, -0.05) is 35.9 Å². The number of fused-ring (bicyclic) bond motifs is 1. The summed E-state index contributed by atoms with van der Waals surface area (Å²) in [7, 11) is 1.49. The maximum atomic E-state index is 15.3. The highest BCUT2D eigenvalue weighted by Gasteiger charge is 2.21. The van der Waals surface area contributed by atoms with E-state index in [9.17, 15) is 4.79 Å². The van der Waals surface area contributed by atoms with Crippen molar-refractivity contribution in [1.29, 1.82) is 0 Å². The third-order valence-electron chi connectivity index (χ3n) is 6.26. The van der Waals surface area contributed by atoms with Crippen LogP contribution in [-0.4, -0.2) is 59.3 Å². The molecule has 1 N–H and O–H groups in total. The number of methoxy groups -OCH3 is 1. The molecule has 1 aliphatic rings. The quantitative estimate of drug-likeness (QED) is 0.320. The minimum atomic E-state index is -0.781. The summed E-state index contributed by atoms with van der Waals surface area (Å²) in [4.78, 5) is 19.6. The number of halogens is 2. The lowest BCUT2D eigenvalue weighted by molar-refractivity contribution is 0.0342. The van der Waals surface area contributed by atoms with Crippen LogP contribution in [0.2, 0.25) is 5.02 Å². The monoisotopic (exact) mass is 524 g/mol. The van der Waals surface area contributed by atoms with Gasteiger partial charge in [0.05, 0.1) is 36.3 Å². The van der Waals surface area contributed by atoms with E-state index in [0.29, 0.717) is 22.5 Å². The highest BCUT2D eigenvalue weighted by atomic mass is 35.5. The minimum Gasteiger partial charge on any atom is -0.486 e. The first-order chi connectivity index (χ1) is 18.0. The zero-order valence-electron chi connectivity index (χ0n) is 20.3. The molecule has 0 amide bonds. The fourth-order valence-corrected chi connectivity index (χ4v) is 4.52. The van der Waals surface area contributed by atoms with Gasteiger partial charge in [0, 0.05) is 32.3 Å². The molecule has 0 aliphatic carbocycles. The van der Waals surface area contributed by atoms with Gasteiger partial charge in [-0.05, 0) is 34.9 Å². The first-order valence-corrected chi connectivity index (χ1v) is 12.3. The van der Waals surface area contributed by atoms with Crippen LogP contribution in [0.1, 0.15) is 27.0 Å². The number of ketones is 1. The van der Waals surface area contributed by atoms with Crippen LogP contribution >= 0.6 is 11.6 Å². The summed E-state index contributed by atoms with van der Waals surface area (Å²) in [6.45, 7) is 4.37. The number of carbonyl (C=O) groups is 1. The van der Waals surface area contributed by atoms with Crippen LogP contribution in [-0.2, 0) is 24.3 Å². The van der Waals surface area contributed by atoms with Crippen molar-refractivity contribution in [3.8, 4) is 11.6 Å². The van der Waals surface area contributed by atoms with Gasteiger partial charge in [-0.2, -0.15) is 0 Å². The van der Waals surface area contributed by atoms with E-state index in [1.165, 1.54) is 31.0 Å². The molecule has 0 atom stereocenters. The molecule has 192 valence electrons. The summed E-state index contributed by atoms with van der Waals surface area (Å²) in [6.07, 6.45) is 1.44. The van der Waals surface area contributed by atoms with Crippen molar-refractivity contribution in [3.63, 3.8) is 0 Å². The number of hydrogen-bond donors (Lipinski definition) is 1. The second-order valence-corrected chi connectivity index (χ2v) is 9.21. The topological polar surface area (TPSA) is 89.6 Å². The molecule has 8 nitrogen and oxygen atoms in total. The number of aromatic amines is 1. The second-order valence-electron chi connectivity index (χ2n) is 8.80. The summed E-state index contributed by atoms with van der Waals surface area (Å²) in [6, 6.07) is 12.6. The van der Waals surface area contributed by atoms with Crippen molar-refractivity contribution in [2.24, 2.45) is 0 Å². The Hall–Kier alpha value is -3.53. The maximum Gasteiger partial charge on any atom is 0.241 e.